The Morgan fingerprint density at radius 1 is 1.16 bits per heavy atom. The highest BCUT2D eigenvalue weighted by molar-refractivity contribution is 7.22. The third-order valence-electron chi connectivity index (χ3n) is 5.72. The van der Waals surface area contributed by atoms with Crippen molar-refractivity contribution in [3.05, 3.63) is 64.5 Å². The van der Waals surface area contributed by atoms with E-state index in [1.807, 2.05) is 49.4 Å². The Balaban J connectivity index is 1.45. The van der Waals surface area contributed by atoms with Crippen LogP contribution in [0.25, 0.3) is 20.8 Å². The van der Waals surface area contributed by atoms with Crippen LogP contribution in [-0.2, 0) is 17.6 Å². The molecule has 0 fully saturated rings. The van der Waals surface area contributed by atoms with Gasteiger partial charge in [-0.15, -0.1) is 22.7 Å². The minimum Gasteiger partial charge on any atom is -0.483 e. The lowest BCUT2D eigenvalue weighted by Crippen LogP contribution is -2.20. The van der Waals surface area contributed by atoms with Gasteiger partial charge in [0.2, 0.25) is 0 Å². The number of thiazole rings is 1. The lowest BCUT2D eigenvalue weighted by molar-refractivity contribution is -0.118. The average Bonchev–Trinajstić information content (AvgIpc) is 3.33. The number of ether oxygens (including phenoxy) is 1. The molecule has 0 bridgehead atoms. The zero-order valence-corrected chi connectivity index (χ0v) is 19.2. The molecule has 1 aliphatic carbocycles. The van der Waals surface area contributed by atoms with E-state index in [1.54, 1.807) is 22.7 Å². The molecule has 158 valence electrons. The van der Waals surface area contributed by atoms with E-state index in [4.69, 9.17) is 9.72 Å². The zero-order valence-electron chi connectivity index (χ0n) is 17.6. The Morgan fingerprint density at radius 3 is 2.81 bits per heavy atom. The fourth-order valence-electron chi connectivity index (χ4n) is 4.07. The molecule has 4 aromatic rings. The molecule has 31 heavy (non-hydrogen) atoms. The molecule has 1 N–H and O–H groups in total. The number of carbonyl (C=O) groups is 1. The Kier molecular flexibility index (Phi) is 5.50. The summed E-state index contributed by atoms with van der Waals surface area (Å²) in [5, 5.41) is 5.03. The largest absolute Gasteiger partial charge is 0.483 e. The maximum atomic E-state index is 12.8. The molecule has 2 aromatic heterocycles. The molecular weight excluding hydrogens is 424 g/mol. The summed E-state index contributed by atoms with van der Waals surface area (Å²) in [6.45, 7) is 4.27. The second-order valence-electron chi connectivity index (χ2n) is 8.14. The number of benzene rings is 2. The van der Waals surface area contributed by atoms with Crippen molar-refractivity contribution >= 4 is 43.8 Å². The summed E-state index contributed by atoms with van der Waals surface area (Å²) in [6, 6.07) is 16.0. The first kappa shape index (κ1) is 20.2. The maximum absolute atomic E-state index is 12.8. The van der Waals surface area contributed by atoms with Gasteiger partial charge in [-0.05, 0) is 61.4 Å². The number of aryl methyl sites for hydroxylation is 1. The van der Waals surface area contributed by atoms with Crippen molar-refractivity contribution in [3.63, 3.8) is 0 Å². The minimum absolute atomic E-state index is 0.0108. The maximum Gasteiger partial charge on any atom is 0.262 e. The van der Waals surface area contributed by atoms with Gasteiger partial charge in [-0.3, -0.25) is 4.79 Å². The predicted molar refractivity (Wildman–Crippen MR) is 129 cm³/mol. The fraction of sp³-hybridized carbons (Fsp3) is 0.280. The quantitative estimate of drug-likeness (QED) is 0.380. The van der Waals surface area contributed by atoms with Gasteiger partial charge in [-0.25, -0.2) is 4.98 Å². The Bertz CT molecular complexity index is 1220. The summed E-state index contributed by atoms with van der Waals surface area (Å²) in [7, 11) is 0. The van der Waals surface area contributed by atoms with E-state index in [0.717, 1.165) is 45.2 Å². The van der Waals surface area contributed by atoms with Gasteiger partial charge >= 0.3 is 0 Å². The molecule has 1 atom stereocenters. The van der Waals surface area contributed by atoms with Crippen LogP contribution >= 0.6 is 22.7 Å². The molecule has 2 aromatic carbocycles. The first-order chi connectivity index (χ1) is 15.1. The van der Waals surface area contributed by atoms with Gasteiger partial charge in [0, 0.05) is 10.4 Å². The second kappa shape index (κ2) is 8.44. The smallest absolute Gasteiger partial charge is 0.262 e. The van der Waals surface area contributed by atoms with E-state index >= 15 is 0 Å². The van der Waals surface area contributed by atoms with E-state index in [-0.39, 0.29) is 12.5 Å². The van der Waals surface area contributed by atoms with E-state index in [1.165, 1.54) is 21.6 Å². The molecule has 1 aliphatic rings. The number of fused-ring (bicyclic) bond motifs is 2. The van der Waals surface area contributed by atoms with E-state index in [0.29, 0.717) is 5.92 Å². The molecule has 0 aliphatic heterocycles. The van der Waals surface area contributed by atoms with Crippen LogP contribution < -0.4 is 10.1 Å². The van der Waals surface area contributed by atoms with Gasteiger partial charge in [0.25, 0.3) is 5.91 Å². The molecule has 4 nitrogen and oxygen atoms in total. The number of carbonyl (C=O) groups excluding carboxylic acids is 1. The number of hydrogen-bond acceptors (Lipinski definition) is 5. The van der Waals surface area contributed by atoms with Crippen LogP contribution in [0.5, 0.6) is 5.75 Å². The van der Waals surface area contributed by atoms with Crippen molar-refractivity contribution in [3.8, 4) is 16.3 Å². The summed E-state index contributed by atoms with van der Waals surface area (Å²) in [4.78, 5) is 19.1. The predicted octanol–water partition coefficient (Wildman–Crippen LogP) is 6.48. The number of aromatic nitrogens is 1. The van der Waals surface area contributed by atoms with E-state index in [2.05, 4.69) is 18.3 Å². The van der Waals surface area contributed by atoms with Gasteiger partial charge in [0.05, 0.1) is 10.2 Å². The monoisotopic (exact) mass is 448 g/mol. The number of nitrogens with zero attached hydrogens (tertiary/aromatic N) is 1. The second-order valence-corrected chi connectivity index (χ2v) is 10.3. The third-order valence-corrected chi connectivity index (χ3v) is 7.95. The summed E-state index contributed by atoms with van der Waals surface area (Å²) in [6.07, 6.45) is 3.27. The van der Waals surface area contributed by atoms with Crippen molar-refractivity contribution in [1.82, 2.24) is 4.98 Å². The van der Waals surface area contributed by atoms with Gasteiger partial charge in [-0.2, -0.15) is 0 Å². The molecule has 0 spiro atoms. The van der Waals surface area contributed by atoms with Gasteiger partial charge in [-0.1, -0.05) is 37.3 Å². The normalized spacial score (nSPS) is 15.6. The van der Waals surface area contributed by atoms with Crippen LogP contribution in [0.4, 0.5) is 5.00 Å². The van der Waals surface area contributed by atoms with E-state index in [9.17, 15) is 4.79 Å². The molecule has 5 rings (SSSR count). The van der Waals surface area contributed by atoms with Crippen molar-refractivity contribution in [1.29, 1.82) is 0 Å². The van der Waals surface area contributed by atoms with Crippen LogP contribution in [0, 0.1) is 12.8 Å². The highest BCUT2D eigenvalue weighted by Crippen LogP contribution is 2.47. The number of nitrogens with one attached hydrogen (secondary N) is 1. The summed E-state index contributed by atoms with van der Waals surface area (Å²) in [5.41, 5.74) is 4.49. The van der Waals surface area contributed by atoms with Gasteiger partial charge < -0.3 is 10.1 Å². The van der Waals surface area contributed by atoms with Crippen LogP contribution in [0.1, 0.15) is 29.3 Å². The molecule has 1 unspecified atom stereocenters. The van der Waals surface area contributed by atoms with Crippen molar-refractivity contribution < 1.29 is 9.53 Å². The molecule has 0 saturated heterocycles. The Morgan fingerprint density at radius 2 is 1.97 bits per heavy atom. The van der Waals surface area contributed by atoms with Crippen LogP contribution in [0.3, 0.4) is 0 Å². The Hall–Kier alpha value is -2.70. The average molecular weight is 449 g/mol. The first-order valence-corrected chi connectivity index (χ1v) is 12.2. The summed E-state index contributed by atoms with van der Waals surface area (Å²) >= 11 is 3.40. The highest BCUT2D eigenvalue weighted by Gasteiger charge is 2.27. The number of anilines is 1. The van der Waals surface area contributed by atoms with Crippen LogP contribution in [0.2, 0.25) is 0 Å². The van der Waals surface area contributed by atoms with Crippen LogP contribution in [0.15, 0.2) is 48.5 Å². The van der Waals surface area contributed by atoms with Gasteiger partial charge in [0.15, 0.2) is 6.61 Å². The number of hydrogen-bond donors (Lipinski definition) is 1. The minimum atomic E-state index is -0.141. The summed E-state index contributed by atoms with van der Waals surface area (Å²) < 4.78 is 6.93. The SMILES string of the molecule is Cc1ccccc1OCC(=O)Nc1sc2c(c1-c1nc3ccccc3s1)CCC(C)C2. The molecule has 1 amide bonds. The molecule has 2 heterocycles. The molecular formula is C25H24N2O2S2. The first-order valence-electron chi connectivity index (χ1n) is 10.6. The number of amides is 1. The number of para-hydroxylation sites is 2. The lowest BCUT2D eigenvalue weighted by atomic mass is 9.88. The topological polar surface area (TPSA) is 51.2 Å². The molecule has 0 saturated carbocycles. The molecule has 0 radical (unpaired) electrons. The fourth-order valence-corrected chi connectivity index (χ4v) is 6.61. The molecule has 6 heteroatoms. The van der Waals surface area contributed by atoms with Gasteiger partial charge in [0.1, 0.15) is 15.8 Å². The Labute approximate surface area is 189 Å². The number of rotatable bonds is 5. The number of thiophene rings is 1. The standard InChI is InChI=1S/C25H24N2O2S2/c1-15-11-12-17-21(13-15)31-25(23(17)24-26-18-8-4-6-10-20(18)30-24)27-22(28)14-29-19-9-5-3-7-16(19)2/h3-10,15H,11-14H2,1-2H3,(H,27,28). The van der Waals surface area contributed by atoms with Crippen LogP contribution in [-0.4, -0.2) is 17.5 Å². The lowest BCUT2D eigenvalue weighted by Gasteiger charge is -2.18. The van der Waals surface area contributed by atoms with Crippen molar-refractivity contribution in [2.24, 2.45) is 5.92 Å². The van der Waals surface area contributed by atoms with Crippen molar-refractivity contribution in [2.75, 3.05) is 11.9 Å². The summed E-state index contributed by atoms with van der Waals surface area (Å²) in [5.74, 6) is 1.27. The van der Waals surface area contributed by atoms with E-state index < -0.39 is 0 Å². The zero-order chi connectivity index (χ0) is 21.4. The third kappa shape index (κ3) is 4.10. The highest BCUT2D eigenvalue weighted by atomic mass is 32.1. The van der Waals surface area contributed by atoms with Crippen molar-refractivity contribution in [2.45, 2.75) is 33.1 Å².